The van der Waals surface area contributed by atoms with Crippen molar-refractivity contribution in [2.24, 2.45) is 17.6 Å². The second-order valence-corrected chi connectivity index (χ2v) is 5.92. The highest BCUT2D eigenvalue weighted by Gasteiger charge is 2.29. The van der Waals surface area contributed by atoms with E-state index in [0.717, 1.165) is 32.4 Å². The summed E-state index contributed by atoms with van der Waals surface area (Å²) in [5.74, 6) is 0.751. The molecule has 0 aliphatic heterocycles. The van der Waals surface area contributed by atoms with Gasteiger partial charge in [-0.2, -0.15) is 0 Å². The second-order valence-electron chi connectivity index (χ2n) is 5.92. The number of carbonyl (C=O) groups is 1. The van der Waals surface area contributed by atoms with E-state index in [-0.39, 0.29) is 11.8 Å². The minimum atomic E-state index is 0.146. The minimum Gasteiger partial charge on any atom is -0.355 e. The zero-order chi connectivity index (χ0) is 14.3. The highest BCUT2D eigenvalue weighted by Crippen LogP contribution is 2.29. The summed E-state index contributed by atoms with van der Waals surface area (Å²) < 4.78 is 0. The number of carbonyl (C=O) groups excluding carboxylic acids is 1. The van der Waals surface area contributed by atoms with E-state index in [1.807, 2.05) is 0 Å². The van der Waals surface area contributed by atoms with E-state index < -0.39 is 0 Å². The van der Waals surface area contributed by atoms with Crippen LogP contribution in [0.1, 0.15) is 46.0 Å². The van der Waals surface area contributed by atoms with E-state index in [1.165, 1.54) is 12.8 Å². The van der Waals surface area contributed by atoms with E-state index in [1.54, 1.807) is 0 Å². The van der Waals surface area contributed by atoms with Crippen LogP contribution >= 0.6 is 0 Å². The first-order chi connectivity index (χ1) is 9.10. The summed E-state index contributed by atoms with van der Waals surface area (Å²) in [6, 6.07) is 0.573. The molecule has 1 aliphatic carbocycles. The van der Waals surface area contributed by atoms with Gasteiger partial charge in [0.15, 0.2) is 0 Å². The van der Waals surface area contributed by atoms with Crippen LogP contribution in [0.25, 0.3) is 0 Å². The molecular formula is C15H31N3O. The van der Waals surface area contributed by atoms with Gasteiger partial charge in [0, 0.05) is 25.0 Å². The molecular weight excluding hydrogens is 238 g/mol. The zero-order valence-corrected chi connectivity index (χ0v) is 12.8. The Bertz CT molecular complexity index is 270. The van der Waals surface area contributed by atoms with Crippen molar-refractivity contribution >= 4 is 5.91 Å². The fourth-order valence-electron chi connectivity index (χ4n) is 2.85. The lowest BCUT2D eigenvalue weighted by atomic mass is 9.79. The van der Waals surface area contributed by atoms with Gasteiger partial charge in [0.05, 0.1) is 0 Å². The standard InChI is InChI=1S/C15H31N3O/c1-4-12(2)18(3)10-9-17-15(19)14-8-6-5-7-13(14)11-16/h12-14H,4-11,16H2,1-3H3,(H,17,19). The highest BCUT2D eigenvalue weighted by molar-refractivity contribution is 5.79. The number of hydrogen-bond donors (Lipinski definition) is 2. The Labute approximate surface area is 118 Å². The second kappa shape index (κ2) is 8.54. The lowest BCUT2D eigenvalue weighted by Crippen LogP contribution is -2.42. The molecule has 0 heterocycles. The molecule has 19 heavy (non-hydrogen) atoms. The van der Waals surface area contributed by atoms with Gasteiger partial charge in [0.1, 0.15) is 0 Å². The minimum absolute atomic E-state index is 0.146. The topological polar surface area (TPSA) is 58.4 Å². The Morgan fingerprint density at radius 2 is 2.11 bits per heavy atom. The Hall–Kier alpha value is -0.610. The van der Waals surface area contributed by atoms with Crippen molar-refractivity contribution in [1.82, 2.24) is 10.2 Å². The zero-order valence-electron chi connectivity index (χ0n) is 12.8. The van der Waals surface area contributed by atoms with E-state index >= 15 is 0 Å². The van der Waals surface area contributed by atoms with Gasteiger partial charge in [0.2, 0.25) is 5.91 Å². The van der Waals surface area contributed by atoms with Crippen LogP contribution in [0.4, 0.5) is 0 Å². The van der Waals surface area contributed by atoms with Crippen LogP contribution in [0.15, 0.2) is 0 Å². The van der Waals surface area contributed by atoms with Crippen LogP contribution in [0.3, 0.4) is 0 Å². The summed E-state index contributed by atoms with van der Waals surface area (Å²) in [7, 11) is 2.11. The number of rotatable bonds is 7. The summed E-state index contributed by atoms with van der Waals surface area (Å²) in [6.07, 6.45) is 5.66. The van der Waals surface area contributed by atoms with E-state index in [0.29, 0.717) is 18.5 Å². The number of likely N-dealkylation sites (N-methyl/N-ethyl adjacent to an activating group) is 1. The number of nitrogens with one attached hydrogen (secondary N) is 1. The molecule has 0 aromatic heterocycles. The molecule has 1 fully saturated rings. The normalized spacial score (nSPS) is 25.3. The molecule has 0 spiro atoms. The Morgan fingerprint density at radius 1 is 1.42 bits per heavy atom. The maximum atomic E-state index is 12.2. The first-order valence-electron chi connectivity index (χ1n) is 7.78. The molecule has 0 radical (unpaired) electrons. The van der Waals surface area contributed by atoms with E-state index in [2.05, 4.69) is 31.1 Å². The number of amides is 1. The number of hydrogen-bond acceptors (Lipinski definition) is 3. The van der Waals surface area contributed by atoms with Gasteiger partial charge in [-0.1, -0.05) is 19.8 Å². The van der Waals surface area contributed by atoms with Crippen LogP contribution in [0.5, 0.6) is 0 Å². The third kappa shape index (κ3) is 5.11. The lowest BCUT2D eigenvalue weighted by Gasteiger charge is -2.30. The van der Waals surface area contributed by atoms with Gasteiger partial charge in [-0.05, 0) is 45.7 Å². The van der Waals surface area contributed by atoms with Crippen LogP contribution in [0.2, 0.25) is 0 Å². The summed E-state index contributed by atoms with van der Waals surface area (Å²) in [5, 5.41) is 3.09. The Morgan fingerprint density at radius 3 is 2.74 bits per heavy atom. The summed E-state index contributed by atoms with van der Waals surface area (Å²) in [5.41, 5.74) is 5.78. The molecule has 1 amide bonds. The Balaban J connectivity index is 2.30. The molecule has 3 N–H and O–H groups in total. The maximum Gasteiger partial charge on any atom is 0.223 e. The smallest absolute Gasteiger partial charge is 0.223 e. The fraction of sp³-hybridized carbons (Fsp3) is 0.933. The molecule has 0 bridgehead atoms. The van der Waals surface area contributed by atoms with Crippen molar-refractivity contribution in [3.8, 4) is 0 Å². The van der Waals surface area contributed by atoms with Crippen LogP contribution in [-0.4, -0.2) is 43.5 Å². The van der Waals surface area contributed by atoms with Gasteiger partial charge in [-0.25, -0.2) is 0 Å². The lowest BCUT2D eigenvalue weighted by molar-refractivity contribution is -0.127. The third-order valence-corrected chi connectivity index (χ3v) is 4.66. The molecule has 0 saturated heterocycles. The predicted octanol–water partition coefficient (Wildman–Crippen LogP) is 1.60. The SMILES string of the molecule is CCC(C)N(C)CCNC(=O)C1CCCCC1CN. The van der Waals surface area contributed by atoms with Gasteiger partial charge < -0.3 is 16.0 Å². The van der Waals surface area contributed by atoms with Gasteiger partial charge in [0.25, 0.3) is 0 Å². The van der Waals surface area contributed by atoms with E-state index in [4.69, 9.17) is 5.73 Å². The van der Waals surface area contributed by atoms with Crippen molar-refractivity contribution in [2.75, 3.05) is 26.7 Å². The quantitative estimate of drug-likeness (QED) is 0.738. The molecule has 3 atom stereocenters. The molecule has 0 aromatic carbocycles. The molecule has 4 nitrogen and oxygen atoms in total. The van der Waals surface area contributed by atoms with Crippen molar-refractivity contribution in [1.29, 1.82) is 0 Å². The van der Waals surface area contributed by atoms with Crippen molar-refractivity contribution in [3.63, 3.8) is 0 Å². The molecule has 3 unspecified atom stereocenters. The van der Waals surface area contributed by atoms with Crippen LogP contribution in [-0.2, 0) is 4.79 Å². The largest absolute Gasteiger partial charge is 0.355 e. The number of nitrogens with zero attached hydrogens (tertiary/aromatic N) is 1. The molecule has 1 saturated carbocycles. The highest BCUT2D eigenvalue weighted by atomic mass is 16.1. The predicted molar refractivity (Wildman–Crippen MR) is 79.9 cm³/mol. The monoisotopic (exact) mass is 269 g/mol. The van der Waals surface area contributed by atoms with Gasteiger partial charge in [-0.3, -0.25) is 4.79 Å². The van der Waals surface area contributed by atoms with E-state index in [9.17, 15) is 4.79 Å². The summed E-state index contributed by atoms with van der Waals surface area (Å²) in [6.45, 7) is 6.71. The first-order valence-corrected chi connectivity index (χ1v) is 7.78. The Kier molecular flexibility index (Phi) is 7.39. The van der Waals surface area contributed by atoms with Crippen molar-refractivity contribution in [3.05, 3.63) is 0 Å². The summed E-state index contributed by atoms with van der Waals surface area (Å²) >= 11 is 0. The molecule has 1 aliphatic rings. The average molecular weight is 269 g/mol. The van der Waals surface area contributed by atoms with Gasteiger partial charge >= 0.3 is 0 Å². The molecule has 112 valence electrons. The molecule has 1 rings (SSSR count). The number of nitrogens with two attached hydrogens (primary N) is 1. The summed E-state index contributed by atoms with van der Waals surface area (Å²) in [4.78, 5) is 14.5. The molecule has 4 heteroatoms. The molecule has 0 aromatic rings. The maximum absolute atomic E-state index is 12.2. The van der Waals surface area contributed by atoms with Crippen LogP contribution < -0.4 is 11.1 Å². The third-order valence-electron chi connectivity index (χ3n) is 4.66. The fourth-order valence-corrected chi connectivity index (χ4v) is 2.85. The van der Waals surface area contributed by atoms with Crippen molar-refractivity contribution < 1.29 is 4.79 Å². The van der Waals surface area contributed by atoms with Gasteiger partial charge in [-0.15, -0.1) is 0 Å². The average Bonchev–Trinajstić information content (AvgIpc) is 2.45. The van der Waals surface area contributed by atoms with Crippen LogP contribution in [0, 0.1) is 11.8 Å². The van der Waals surface area contributed by atoms with Crippen molar-refractivity contribution in [2.45, 2.75) is 52.0 Å². The first kappa shape index (κ1) is 16.4.